The maximum Gasteiger partial charge on any atom is 0.187 e. The van der Waals surface area contributed by atoms with E-state index in [1.54, 1.807) is 0 Å². The Morgan fingerprint density at radius 2 is 0.807 bits per heavy atom. The summed E-state index contributed by atoms with van der Waals surface area (Å²) < 4.78 is 6.71. The highest BCUT2D eigenvalue weighted by molar-refractivity contribution is 6.09. The molecular formula is C49H29N7O. The molecule has 0 fully saturated rings. The van der Waals surface area contributed by atoms with Crippen LogP contribution in [0.4, 0.5) is 5.69 Å². The SMILES string of the molecule is [C-]#[N+]c1cccc(-c2ccc(-c3nc(-c4ccccc4)nc(-c4cccc5c4oc4cc(-c6nc(-c7ccccc7)nc(-c7ccccc7)n6)ccc45)n3)cc2)c1. The van der Waals surface area contributed by atoms with E-state index in [0.29, 0.717) is 51.8 Å². The Bertz CT molecular complexity index is 3060. The Morgan fingerprint density at radius 3 is 1.37 bits per heavy atom. The molecule has 0 aliphatic carbocycles. The highest BCUT2D eigenvalue weighted by atomic mass is 16.3. The molecule has 0 unspecified atom stereocenters. The number of furan rings is 1. The Morgan fingerprint density at radius 1 is 0.351 bits per heavy atom. The van der Waals surface area contributed by atoms with E-state index >= 15 is 0 Å². The Labute approximate surface area is 327 Å². The molecule has 3 aromatic heterocycles. The molecule has 0 aliphatic heterocycles. The van der Waals surface area contributed by atoms with Crippen molar-refractivity contribution in [2.45, 2.75) is 0 Å². The van der Waals surface area contributed by atoms with E-state index in [4.69, 9.17) is 40.9 Å². The lowest BCUT2D eigenvalue weighted by Gasteiger charge is -2.09. The van der Waals surface area contributed by atoms with Gasteiger partial charge in [-0.15, -0.1) is 0 Å². The fourth-order valence-electron chi connectivity index (χ4n) is 6.96. The molecule has 0 amide bonds. The van der Waals surface area contributed by atoms with Crippen molar-refractivity contribution in [3.05, 3.63) is 187 Å². The second kappa shape index (κ2) is 14.3. The van der Waals surface area contributed by atoms with Gasteiger partial charge in [-0.3, -0.25) is 0 Å². The highest BCUT2D eigenvalue weighted by Gasteiger charge is 2.19. The summed E-state index contributed by atoms with van der Waals surface area (Å²) in [6, 6.07) is 57.5. The van der Waals surface area contributed by atoms with Crippen LogP contribution >= 0.6 is 0 Å². The molecular weight excluding hydrogens is 703 g/mol. The lowest BCUT2D eigenvalue weighted by atomic mass is 10.0. The first-order valence-electron chi connectivity index (χ1n) is 18.4. The number of para-hydroxylation sites is 1. The monoisotopic (exact) mass is 731 g/mol. The van der Waals surface area contributed by atoms with Crippen LogP contribution in [0.1, 0.15) is 0 Å². The molecule has 0 saturated heterocycles. The number of hydrogen-bond acceptors (Lipinski definition) is 7. The first kappa shape index (κ1) is 33.4. The first-order chi connectivity index (χ1) is 28.2. The third-order valence-corrected chi connectivity index (χ3v) is 9.82. The van der Waals surface area contributed by atoms with Crippen molar-refractivity contribution in [1.82, 2.24) is 29.9 Å². The Hall–Kier alpha value is -8.15. The molecule has 0 radical (unpaired) electrons. The first-order valence-corrected chi connectivity index (χ1v) is 18.4. The summed E-state index contributed by atoms with van der Waals surface area (Å²) in [5.41, 5.74) is 9.00. The van der Waals surface area contributed by atoms with Gasteiger partial charge in [0.15, 0.2) is 40.6 Å². The van der Waals surface area contributed by atoms with Crippen molar-refractivity contribution in [3.8, 4) is 79.5 Å². The van der Waals surface area contributed by atoms with E-state index in [0.717, 1.165) is 55.3 Å². The predicted molar refractivity (Wildman–Crippen MR) is 225 cm³/mol. The topological polar surface area (TPSA) is 94.8 Å². The van der Waals surface area contributed by atoms with Crippen molar-refractivity contribution >= 4 is 27.6 Å². The normalized spacial score (nSPS) is 11.1. The second-order valence-electron chi connectivity index (χ2n) is 13.4. The van der Waals surface area contributed by atoms with Gasteiger partial charge in [-0.05, 0) is 35.4 Å². The molecule has 10 rings (SSSR count). The Balaban J connectivity index is 1.09. The lowest BCUT2D eigenvalue weighted by molar-refractivity contribution is 0.669. The van der Waals surface area contributed by atoms with Crippen LogP contribution in [-0.2, 0) is 0 Å². The third-order valence-electron chi connectivity index (χ3n) is 9.82. The van der Waals surface area contributed by atoms with Crippen LogP contribution < -0.4 is 0 Å². The van der Waals surface area contributed by atoms with Gasteiger partial charge >= 0.3 is 0 Å². The van der Waals surface area contributed by atoms with Crippen LogP contribution in [-0.4, -0.2) is 29.9 Å². The molecule has 8 heteroatoms. The molecule has 0 bridgehead atoms. The van der Waals surface area contributed by atoms with Crippen LogP contribution in [0.15, 0.2) is 180 Å². The maximum absolute atomic E-state index is 7.42. The largest absolute Gasteiger partial charge is 0.455 e. The molecule has 266 valence electrons. The zero-order valence-electron chi connectivity index (χ0n) is 30.3. The van der Waals surface area contributed by atoms with Gasteiger partial charge in [-0.2, -0.15) is 0 Å². The van der Waals surface area contributed by atoms with Crippen LogP contribution in [0, 0.1) is 6.57 Å². The van der Waals surface area contributed by atoms with E-state index < -0.39 is 0 Å². The molecule has 0 spiro atoms. The van der Waals surface area contributed by atoms with Crippen LogP contribution in [0.5, 0.6) is 0 Å². The molecule has 8 nitrogen and oxygen atoms in total. The quantitative estimate of drug-likeness (QED) is 0.151. The van der Waals surface area contributed by atoms with Crippen molar-refractivity contribution in [2.75, 3.05) is 0 Å². The minimum absolute atomic E-state index is 0.495. The van der Waals surface area contributed by atoms with Gasteiger partial charge in [0, 0.05) is 38.6 Å². The van der Waals surface area contributed by atoms with E-state index in [9.17, 15) is 0 Å². The number of hydrogen-bond donors (Lipinski definition) is 0. The lowest BCUT2D eigenvalue weighted by Crippen LogP contribution is -2.00. The average Bonchev–Trinajstić information content (AvgIpc) is 3.68. The van der Waals surface area contributed by atoms with Crippen molar-refractivity contribution < 1.29 is 4.42 Å². The molecule has 10 aromatic rings. The van der Waals surface area contributed by atoms with Gasteiger partial charge in [0.05, 0.1) is 12.1 Å². The van der Waals surface area contributed by atoms with Gasteiger partial charge in [0.1, 0.15) is 11.2 Å². The summed E-state index contributed by atoms with van der Waals surface area (Å²) in [5, 5.41) is 1.89. The number of rotatable bonds is 7. The summed E-state index contributed by atoms with van der Waals surface area (Å²) in [5.74, 6) is 3.32. The Kier molecular flexibility index (Phi) is 8.36. The van der Waals surface area contributed by atoms with E-state index in [2.05, 4.69) is 17.0 Å². The second-order valence-corrected chi connectivity index (χ2v) is 13.4. The van der Waals surface area contributed by atoms with Crippen molar-refractivity contribution in [2.24, 2.45) is 0 Å². The molecule has 0 atom stereocenters. The molecule has 0 saturated carbocycles. The van der Waals surface area contributed by atoms with E-state index in [-0.39, 0.29) is 0 Å². The number of benzene rings is 7. The minimum Gasteiger partial charge on any atom is -0.455 e. The molecule has 57 heavy (non-hydrogen) atoms. The van der Waals surface area contributed by atoms with Gasteiger partial charge in [-0.25, -0.2) is 34.7 Å². The number of nitrogens with zero attached hydrogens (tertiary/aromatic N) is 7. The number of aromatic nitrogens is 6. The van der Waals surface area contributed by atoms with Gasteiger partial charge in [-0.1, -0.05) is 152 Å². The van der Waals surface area contributed by atoms with Gasteiger partial charge in [0.2, 0.25) is 0 Å². The standard InChI is InChI=1S/C49H29N7O/c1-50-38-20-11-19-36(29-38)31-23-25-35(26-24-31)47-52-46(34-17-9-4-10-18-34)55-49(56-47)41-22-12-21-40-39-28-27-37(30-42(39)57-43(40)41)48-53-44(32-13-5-2-6-14-32)51-45(54-48)33-15-7-3-8-16-33/h2-30H. The number of fused-ring (bicyclic) bond motifs is 3. The summed E-state index contributed by atoms with van der Waals surface area (Å²) in [6.45, 7) is 7.42. The van der Waals surface area contributed by atoms with Gasteiger partial charge in [0.25, 0.3) is 0 Å². The summed E-state index contributed by atoms with van der Waals surface area (Å²) in [4.78, 5) is 33.3. The van der Waals surface area contributed by atoms with Crippen LogP contribution in [0.2, 0.25) is 0 Å². The fraction of sp³-hybridized carbons (Fsp3) is 0. The van der Waals surface area contributed by atoms with Crippen molar-refractivity contribution in [1.29, 1.82) is 0 Å². The predicted octanol–water partition coefficient (Wildman–Crippen LogP) is 12.2. The minimum atomic E-state index is 0.495. The third kappa shape index (κ3) is 6.45. The van der Waals surface area contributed by atoms with Crippen LogP contribution in [0.3, 0.4) is 0 Å². The fourth-order valence-corrected chi connectivity index (χ4v) is 6.96. The summed E-state index contributed by atoms with van der Waals surface area (Å²) in [7, 11) is 0. The van der Waals surface area contributed by atoms with E-state index in [1.165, 1.54) is 0 Å². The molecule has 0 N–H and O–H groups in total. The smallest absolute Gasteiger partial charge is 0.187 e. The highest BCUT2D eigenvalue weighted by Crippen LogP contribution is 2.38. The van der Waals surface area contributed by atoms with Crippen LogP contribution in [0.25, 0.3) is 106 Å². The zero-order valence-corrected chi connectivity index (χ0v) is 30.3. The van der Waals surface area contributed by atoms with E-state index in [1.807, 2.05) is 164 Å². The zero-order chi connectivity index (χ0) is 38.1. The summed E-state index contributed by atoms with van der Waals surface area (Å²) >= 11 is 0. The maximum atomic E-state index is 7.42. The molecule has 3 heterocycles. The molecule has 7 aromatic carbocycles. The van der Waals surface area contributed by atoms with Gasteiger partial charge < -0.3 is 4.42 Å². The van der Waals surface area contributed by atoms with Crippen molar-refractivity contribution in [3.63, 3.8) is 0 Å². The average molecular weight is 732 g/mol. The summed E-state index contributed by atoms with van der Waals surface area (Å²) in [6.07, 6.45) is 0. The molecule has 0 aliphatic rings.